The molecule has 5 unspecified atom stereocenters. The highest BCUT2D eigenvalue weighted by molar-refractivity contribution is 7.98. The Bertz CT molecular complexity index is 943. The fraction of sp³-hybridized carbons (Fsp3) is 0.522. The van der Waals surface area contributed by atoms with Crippen LogP contribution >= 0.6 is 11.8 Å². The summed E-state index contributed by atoms with van der Waals surface area (Å²) < 4.78 is 0. The van der Waals surface area contributed by atoms with Crippen LogP contribution in [-0.4, -0.2) is 92.4 Å². The molecule has 0 aliphatic rings. The lowest BCUT2D eigenvalue weighted by Gasteiger charge is -2.26. The number of carboxylic acids is 2. The van der Waals surface area contributed by atoms with Gasteiger partial charge in [0.25, 0.3) is 0 Å². The zero-order valence-corrected chi connectivity index (χ0v) is 21.4. The average molecular weight is 543 g/mol. The van der Waals surface area contributed by atoms with Crippen molar-refractivity contribution in [2.45, 2.75) is 62.9 Å². The van der Waals surface area contributed by atoms with Gasteiger partial charge in [-0.15, -0.1) is 0 Å². The van der Waals surface area contributed by atoms with Gasteiger partial charge in [-0.3, -0.25) is 19.2 Å². The van der Waals surface area contributed by atoms with E-state index in [9.17, 15) is 39.3 Å². The quantitative estimate of drug-likeness (QED) is 0.124. The van der Waals surface area contributed by atoms with E-state index in [2.05, 4.69) is 16.0 Å². The fourth-order valence-electron chi connectivity index (χ4n) is 3.19. The smallest absolute Gasteiger partial charge is 0.328 e. The first-order valence-corrected chi connectivity index (χ1v) is 12.8. The third kappa shape index (κ3) is 11.5. The van der Waals surface area contributed by atoms with Gasteiger partial charge in [-0.2, -0.15) is 11.8 Å². The molecule has 37 heavy (non-hydrogen) atoms. The first-order chi connectivity index (χ1) is 17.3. The number of carboxylic acid groups (broad SMARTS) is 2. The summed E-state index contributed by atoms with van der Waals surface area (Å²) in [5, 5.41) is 44.5. The average Bonchev–Trinajstić information content (AvgIpc) is 2.83. The Morgan fingerprint density at radius 2 is 1.49 bits per heavy atom. The third-order valence-corrected chi connectivity index (χ3v) is 5.95. The maximum Gasteiger partial charge on any atom is 0.328 e. The number of hydrogen-bond donors (Lipinski definition) is 8. The number of aliphatic carboxylic acids is 2. The molecule has 0 aliphatic heterocycles. The number of benzene rings is 1. The zero-order chi connectivity index (χ0) is 28.1. The molecule has 0 saturated carbocycles. The molecule has 0 aromatic heterocycles. The number of hydrogen-bond acceptors (Lipinski definition) is 9. The van der Waals surface area contributed by atoms with E-state index >= 15 is 0 Å². The van der Waals surface area contributed by atoms with Crippen molar-refractivity contribution in [3.8, 4) is 5.75 Å². The minimum atomic E-state index is -1.63. The summed E-state index contributed by atoms with van der Waals surface area (Å²) in [5.74, 6) is -4.52. The molecule has 0 fully saturated rings. The number of aliphatic hydroxyl groups is 1. The topological polar surface area (TPSA) is 228 Å². The van der Waals surface area contributed by atoms with Crippen LogP contribution in [0.2, 0.25) is 0 Å². The maximum atomic E-state index is 13.1. The van der Waals surface area contributed by atoms with Gasteiger partial charge in [-0.05, 0) is 49.5 Å². The van der Waals surface area contributed by atoms with Crippen molar-refractivity contribution >= 4 is 41.4 Å². The van der Waals surface area contributed by atoms with E-state index in [4.69, 9.17) is 10.8 Å². The summed E-state index contributed by atoms with van der Waals surface area (Å²) in [6.45, 7) is 1.19. The second-order valence-corrected chi connectivity index (χ2v) is 9.36. The summed E-state index contributed by atoms with van der Waals surface area (Å²) >= 11 is 1.40. The summed E-state index contributed by atoms with van der Waals surface area (Å²) in [6, 6.07) is 0.568. The number of carbonyl (C=O) groups excluding carboxylic acids is 3. The molecule has 1 rings (SSSR count). The van der Waals surface area contributed by atoms with Gasteiger partial charge in [0.15, 0.2) is 6.04 Å². The van der Waals surface area contributed by atoms with Gasteiger partial charge in [0, 0.05) is 12.8 Å². The summed E-state index contributed by atoms with van der Waals surface area (Å²) in [7, 11) is 0. The Balaban J connectivity index is 3.11. The number of thioether (sulfide) groups is 1. The van der Waals surface area contributed by atoms with Crippen molar-refractivity contribution < 1.29 is 44.4 Å². The van der Waals surface area contributed by atoms with Gasteiger partial charge in [-0.1, -0.05) is 12.1 Å². The van der Waals surface area contributed by atoms with Crippen LogP contribution in [0.25, 0.3) is 0 Å². The molecule has 1 aromatic carbocycles. The monoisotopic (exact) mass is 542 g/mol. The SMILES string of the molecule is CSCCC(NC(=O)C(N)CCC(=O)O)C(=O)NC(Cc1ccc(O)cc1)C(=O)NC(C(=O)O)C(C)O. The Labute approximate surface area is 218 Å². The van der Waals surface area contributed by atoms with Crippen LogP contribution in [0.15, 0.2) is 24.3 Å². The Morgan fingerprint density at radius 1 is 0.919 bits per heavy atom. The lowest BCUT2D eigenvalue weighted by Crippen LogP contribution is -2.58. The third-order valence-electron chi connectivity index (χ3n) is 5.30. The molecular weight excluding hydrogens is 508 g/mol. The van der Waals surface area contributed by atoms with Crippen molar-refractivity contribution in [3.63, 3.8) is 0 Å². The lowest BCUT2D eigenvalue weighted by atomic mass is 10.0. The fourth-order valence-corrected chi connectivity index (χ4v) is 3.66. The highest BCUT2D eigenvalue weighted by Crippen LogP contribution is 2.12. The second-order valence-electron chi connectivity index (χ2n) is 8.38. The minimum absolute atomic E-state index is 0.0205. The van der Waals surface area contributed by atoms with Gasteiger partial charge in [0.05, 0.1) is 12.1 Å². The van der Waals surface area contributed by atoms with E-state index in [1.165, 1.54) is 43.0 Å². The molecule has 5 atom stereocenters. The standard InChI is InChI=1S/C23H34N4O9S/c1-12(28)19(23(35)36)27-22(34)17(11-13-3-5-14(29)6-4-13)26-21(33)16(9-10-37-2)25-20(32)15(24)7-8-18(30)31/h3-6,12,15-17,19,28-29H,7-11,24H2,1-2H3,(H,25,32)(H,26,33)(H,27,34)(H,30,31)(H,35,36). The Kier molecular flexibility index (Phi) is 13.4. The number of nitrogens with one attached hydrogen (secondary N) is 3. The number of rotatable bonds is 16. The molecule has 9 N–H and O–H groups in total. The molecule has 0 radical (unpaired) electrons. The second kappa shape index (κ2) is 15.7. The maximum absolute atomic E-state index is 13.1. The van der Waals surface area contributed by atoms with E-state index in [-0.39, 0.29) is 31.4 Å². The van der Waals surface area contributed by atoms with Crippen molar-refractivity contribution in [2.75, 3.05) is 12.0 Å². The van der Waals surface area contributed by atoms with E-state index in [0.29, 0.717) is 11.3 Å². The molecular formula is C23H34N4O9S. The molecule has 3 amide bonds. The Morgan fingerprint density at radius 3 is 2.00 bits per heavy atom. The molecule has 1 aromatic rings. The van der Waals surface area contributed by atoms with Crippen LogP contribution in [0, 0.1) is 0 Å². The van der Waals surface area contributed by atoms with E-state index in [0.717, 1.165) is 0 Å². The van der Waals surface area contributed by atoms with E-state index in [1.807, 2.05) is 0 Å². The first-order valence-electron chi connectivity index (χ1n) is 11.4. The van der Waals surface area contributed by atoms with Crippen LogP contribution in [0.1, 0.15) is 31.7 Å². The van der Waals surface area contributed by atoms with Crippen molar-refractivity contribution in [2.24, 2.45) is 5.73 Å². The highest BCUT2D eigenvalue weighted by atomic mass is 32.2. The van der Waals surface area contributed by atoms with Gasteiger partial charge in [-0.25, -0.2) is 4.79 Å². The Hall–Kier alpha value is -3.36. The number of amides is 3. The van der Waals surface area contributed by atoms with Crippen molar-refractivity contribution in [3.05, 3.63) is 29.8 Å². The van der Waals surface area contributed by atoms with Gasteiger partial charge in [0.1, 0.15) is 17.8 Å². The molecule has 13 nitrogen and oxygen atoms in total. The van der Waals surface area contributed by atoms with Gasteiger partial charge in [0.2, 0.25) is 17.7 Å². The molecule has 0 spiro atoms. The normalized spacial score (nSPS) is 14.9. The lowest BCUT2D eigenvalue weighted by molar-refractivity contribution is -0.145. The number of aliphatic hydroxyl groups excluding tert-OH is 1. The summed E-state index contributed by atoms with van der Waals surface area (Å²) in [6.07, 6.45) is -0.0286. The highest BCUT2D eigenvalue weighted by Gasteiger charge is 2.32. The molecule has 0 heterocycles. The van der Waals surface area contributed by atoms with Crippen molar-refractivity contribution in [1.82, 2.24) is 16.0 Å². The molecule has 0 aliphatic carbocycles. The van der Waals surface area contributed by atoms with Gasteiger partial charge >= 0.3 is 11.9 Å². The predicted octanol–water partition coefficient (Wildman–Crippen LogP) is -1.20. The van der Waals surface area contributed by atoms with Gasteiger partial charge < -0.3 is 42.1 Å². The number of nitrogens with two attached hydrogens (primary N) is 1. The van der Waals surface area contributed by atoms with E-state index in [1.54, 1.807) is 6.26 Å². The van der Waals surface area contributed by atoms with Crippen LogP contribution in [0.5, 0.6) is 5.75 Å². The predicted molar refractivity (Wildman–Crippen MR) is 135 cm³/mol. The number of carbonyl (C=O) groups is 5. The van der Waals surface area contributed by atoms with Crippen LogP contribution in [-0.2, 0) is 30.4 Å². The zero-order valence-electron chi connectivity index (χ0n) is 20.5. The van der Waals surface area contributed by atoms with Crippen LogP contribution in [0.4, 0.5) is 0 Å². The largest absolute Gasteiger partial charge is 0.508 e. The number of aromatic hydroxyl groups is 1. The summed E-state index contributed by atoms with van der Waals surface area (Å²) in [5.41, 5.74) is 6.27. The van der Waals surface area contributed by atoms with E-state index < -0.39 is 59.9 Å². The van der Waals surface area contributed by atoms with Crippen LogP contribution < -0.4 is 21.7 Å². The molecule has 0 bridgehead atoms. The number of phenolic OH excluding ortho intramolecular Hbond substituents is 1. The minimum Gasteiger partial charge on any atom is -0.508 e. The molecule has 206 valence electrons. The van der Waals surface area contributed by atoms with Crippen LogP contribution in [0.3, 0.4) is 0 Å². The molecule has 0 saturated heterocycles. The molecule has 14 heteroatoms. The van der Waals surface area contributed by atoms with Crippen molar-refractivity contribution in [1.29, 1.82) is 0 Å². The first kappa shape index (κ1) is 31.7. The summed E-state index contributed by atoms with van der Waals surface area (Å²) in [4.78, 5) is 60.7. The number of phenols is 1.